The molecule has 0 heterocycles. The molecule has 4 rings (SSSR count). The molecule has 0 fully saturated rings. The predicted octanol–water partition coefficient (Wildman–Crippen LogP) is 4.84. The number of nitrogens with one attached hydrogen (secondary N) is 3. The highest BCUT2D eigenvalue weighted by Gasteiger charge is 2.11. The Hall–Kier alpha value is -4.37. The lowest BCUT2D eigenvalue weighted by molar-refractivity contribution is -0.115. The van der Waals surface area contributed by atoms with E-state index in [0.29, 0.717) is 11.4 Å². The van der Waals surface area contributed by atoms with Crippen LogP contribution in [0.4, 0.5) is 16.2 Å². The van der Waals surface area contributed by atoms with Crippen LogP contribution in [0.2, 0.25) is 0 Å². The SMILES string of the molecule is CO/C=C/C(=O)NC(=O)Nc1cc(-c2ccc3cc(NS(C)(=O)=O)ccc3c2)c2ccccc2c1. The zero-order valence-corrected chi connectivity index (χ0v) is 19.8. The van der Waals surface area contributed by atoms with E-state index in [0.717, 1.165) is 45.0 Å². The molecule has 0 bridgehead atoms. The van der Waals surface area contributed by atoms with Crippen LogP contribution in [0.15, 0.2) is 85.1 Å². The summed E-state index contributed by atoms with van der Waals surface area (Å²) in [5.41, 5.74) is 2.82. The van der Waals surface area contributed by atoms with Gasteiger partial charge < -0.3 is 10.1 Å². The highest BCUT2D eigenvalue weighted by Crippen LogP contribution is 2.34. The monoisotopic (exact) mass is 489 g/mol. The summed E-state index contributed by atoms with van der Waals surface area (Å²) in [6.45, 7) is 0. The first-order valence-electron chi connectivity index (χ1n) is 10.6. The first kappa shape index (κ1) is 23.8. The van der Waals surface area contributed by atoms with Crippen molar-refractivity contribution in [3.8, 4) is 11.1 Å². The number of hydrogen-bond acceptors (Lipinski definition) is 5. The fourth-order valence-electron chi connectivity index (χ4n) is 3.76. The Labute approximate surface area is 202 Å². The maximum atomic E-state index is 12.3. The minimum Gasteiger partial charge on any atom is -0.504 e. The Morgan fingerprint density at radius 2 is 1.57 bits per heavy atom. The number of sulfonamides is 1. The fraction of sp³-hybridized carbons (Fsp3) is 0.0769. The van der Waals surface area contributed by atoms with E-state index in [-0.39, 0.29) is 0 Å². The van der Waals surface area contributed by atoms with E-state index in [2.05, 4.69) is 20.1 Å². The van der Waals surface area contributed by atoms with Crippen molar-refractivity contribution in [3.05, 3.63) is 85.1 Å². The highest BCUT2D eigenvalue weighted by molar-refractivity contribution is 7.92. The third kappa shape index (κ3) is 5.96. The molecule has 9 heteroatoms. The molecular formula is C26H23N3O5S. The van der Waals surface area contributed by atoms with Crippen LogP contribution in [0.1, 0.15) is 0 Å². The van der Waals surface area contributed by atoms with Crippen molar-refractivity contribution in [3.63, 3.8) is 0 Å². The Bertz CT molecular complexity index is 1580. The normalized spacial score (nSPS) is 11.5. The molecule has 35 heavy (non-hydrogen) atoms. The van der Waals surface area contributed by atoms with E-state index in [1.54, 1.807) is 12.1 Å². The Kier molecular flexibility index (Phi) is 6.70. The number of anilines is 2. The van der Waals surface area contributed by atoms with Gasteiger partial charge in [0.2, 0.25) is 10.0 Å². The number of urea groups is 1. The molecule has 8 nitrogen and oxygen atoms in total. The van der Waals surface area contributed by atoms with Gasteiger partial charge in [-0.3, -0.25) is 14.8 Å². The van der Waals surface area contributed by atoms with Gasteiger partial charge in [0, 0.05) is 17.5 Å². The van der Waals surface area contributed by atoms with Crippen LogP contribution in [0.3, 0.4) is 0 Å². The van der Waals surface area contributed by atoms with E-state index in [4.69, 9.17) is 0 Å². The lowest BCUT2D eigenvalue weighted by Crippen LogP contribution is -2.33. The third-order valence-electron chi connectivity index (χ3n) is 5.17. The van der Waals surface area contributed by atoms with Crippen molar-refractivity contribution in [2.75, 3.05) is 23.4 Å². The van der Waals surface area contributed by atoms with Crippen LogP contribution in [0.25, 0.3) is 32.7 Å². The lowest BCUT2D eigenvalue weighted by atomic mass is 9.95. The number of imide groups is 1. The molecule has 0 aliphatic carbocycles. The summed E-state index contributed by atoms with van der Waals surface area (Å²) in [5.74, 6) is -0.607. The molecule has 0 saturated carbocycles. The van der Waals surface area contributed by atoms with Crippen LogP contribution in [-0.2, 0) is 19.6 Å². The van der Waals surface area contributed by atoms with Gasteiger partial charge in [-0.05, 0) is 63.0 Å². The van der Waals surface area contributed by atoms with Gasteiger partial charge in [0.25, 0.3) is 5.91 Å². The fourth-order valence-corrected chi connectivity index (χ4v) is 4.31. The van der Waals surface area contributed by atoms with Crippen molar-refractivity contribution in [2.45, 2.75) is 0 Å². The Morgan fingerprint density at radius 3 is 2.34 bits per heavy atom. The topological polar surface area (TPSA) is 114 Å². The number of amides is 3. The number of ether oxygens (including phenoxy) is 1. The zero-order valence-electron chi connectivity index (χ0n) is 19.0. The van der Waals surface area contributed by atoms with Crippen molar-refractivity contribution < 1.29 is 22.7 Å². The van der Waals surface area contributed by atoms with Crippen LogP contribution < -0.4 is 15.4 Å². The van der Waals surface area contributed by atoms with E-state index in [1.807, 2.05) is 60.7 Å². The molecule has 178 valence electrons. The second kappa shape index (κ2) is 9.86. The average Bonchev–Trinajstić information content (AvgIpc) is 2.80. The number of benzene rings is 4. The van der Waals surface area contributed by atoms with Crippen molar-refractivity contribution in [1.82, 2.24) is 5.32 Å². The summed E-state index contributed by atoms with van der Waals surface area (Å²) in [4.78, 5) is 24.1. The molecule has 0 atom stereocenters. The number of carbonyl (C=O) groups excluding carboxylic acids is 2. The quantitative estimate of drug-likeness (QED) is 0.265. The van der Waals surface area contributed by atoms with Crippen LogP contribution in [0.5, 0.6) is 0 Å². The van der Waals surface area contributed by atoms with Crippen molar-refractivity contribution >= 4 is 54.9 Å². The number of rotatable bonds is 6. The molecule has 3 amide bonds. The van der Waals surface area contributed by atoms with E-state index in [9.17, 15) is 18.0 Å². The summed E-state index contributed by atoms with van der Waals surface area (Å²) < 4.78 is 30.2. The molecule has 4 aromatic carbocycles. The molecule has 0 radical (unpaired) electrons. The Balaban J connectivity index is 1.70. The van der Waals surface area contributed by atoms with Gasteiger partial charge in [0.15, 0.2) is 0 Å². The predicted molar refractivity (Wildman–Crippen MR) is 139 cm³/mol. The van der Waals surface area contributed by atoms with E-state index < -0.39 is 22.0 Å². The van der Waals surface area contributed by atoms with Gasteiger partial charge in [0.05, 0.1) is 19.6 Å². The molecule has 0 spiro atoms. The largest absolute Gasteiger partial charge is 0.504 e. The van der Waals surface area contributed by atoms with Gasteiger partial charge in [0.1, 0.15) is 0 Å². The molecule has 4 aromatic rings. The van der Waals surface area contributed by atoms with Crippen LogP contribution >= 0.6 is 0 Å². The molecule has 3 N–H and O–H groups in total. The molecule has 0 aliphatic rings. The maximum Gasteiger partial charge on any atom is 0.326 e. The van der Waals surface area contributed by atoms with Crippen LogP contribution in [-0.4, -0.2) is 33.7 Å². The minimum absolute atomic E-state index is 0.491. The maximum absolute atomic E-state index is 12.3. The smallest absolute Gasteiger partial charge is 0.326 e. The zero-order chi connectivity index (χ0) is 25.0. The van der Waals surface area contributed by atoms with E-state index in [1.165, 1.54) is 13.4 Å². The van der Waals surface area contributed by atoms with E-state index >= 15 is 0 Å². The first-order chi connectivity index (χ1) is 16.7. The van der Waals surface area contributed by atoms with Gasteiger partial charge >= 0.3 is 6.03 Å². The van der Waals surface area contributed by atoms with Crippen molar-refractivity contribution in [1.29, 1.82) is 0 Å². The number of carbonyl (C=O) groups is 2. The lowest BCUT2D eigenvalue weighted by Gasteiger charge is -2.13. The summed E-state index contributed by atoms with van der Waals surface area (Å²) in [5, 5.41) is 8.63. The van der Waals surface area contributed by atoms with Gasteiger partial charge in [-0.25, -0.2) is 13.2 Å². The number of methoxy groups -OCH3 is 1. The third-order valence-corrected chi connectivity index (χ3v) is 5.77. The Morgan fingerprint density at radius 1 is 0.857 bits per heavy atom. The summed E-state index contributed by atoms with van der Waals surface area (Å²) >= 11 is 0. The summed E-state index contributed by atoms with van der Waals surface area (Å²) in [7, 11) is -1.97. The average molecular weight is 490 g/mol. The molecule has 0 aromatic heterocycles. The van der Waals surface area contributed by atoms with Crippen molar-refractivity contribution in [2.24, 2.45) is 0 Å². The molecule has 0 saturated heterocycles. The highest BCUT2D eigenvalue weighted by atomic mass is 32.2. The second-order valence-electron chi connectivity index (χ2n) is 7.88. The van der Waals surface area contributed by atoms with Gasteiger partial charge in [-0.2, -0.15) is 0 Å². The van der Waals surface area contributed by atoms with Crippen LogP contribution in [0, 0.1) is 0 Å². The summed E-state index contributed by atoms with van der Waals surface area (Å²) in [6.07, 6.45) is 3.40. The molecule has 0 aliphatic heterocycles. The second-order valence-corrected chi connectivity index (χ2v) is 9.63. The summed E-state index contributed by atoms with van der Waals surface area (Å²) in [6, 6.07) is 22.0. The first-order valence-corrected chi connectivity index (χ1v) is 12.5. The van der Waals surface area contributed by atoms with Gasteiger partial charge in [-0.15, -0.1) is 0 Å². The number of hydrogen-bond donors (Lipinski definition) is 3. The molecular weight excluding hydrogens is 466 g/mol. The standard InChI is InChI=1S/C26H23N3O5S/c1-34-12-11-25(30)28-26(31)27-22-15-19-5-3-4-6-23(19)24(16-22)20-8-7-18-14-21(29-35(2,32)33)10-9-17(18)13-20/h3-16,29H,1-2H3,(H2,27,28,30,31)/b12-11+. The molecule has 0 unspecified atom stereocenters. The van der Waals surface area contributed by atoms with Gasteiger partial charge in [-0.1, -0.05) is 42.5 Å². The number of fused-ring (bicyclic) bond motifs is 2. The minimum atomic E-state index is -3.37.